The lowest BCUT2D eigenvalue weighted by Gasteiger charge is -2.21. The molecule has 1 amide bonds. The van der Waals surface area contributed by atoms with Crippen LogP contribution in [0.4, 0.5) is 5.69 Å². The van der Waals surface area contributed by atoms with E-state index in [1.807, 2.05) is 32.0 Å². The summed E-state index contributed by atoms with van der Waals surface area (Å²) < 4.78 is 1.35. The molecule has 3 aromatic rings. The number of nitrogens with one attached hydrogen (secondary N) is 1. The summed E-state index contributed by atoms with van der Waals surface area (Å²) in [6.07, 6.45) is 3.65. The van der Waals surface area contributed by atoms with Gasteiger partial charge in [-0.2, -0.15) is 5.10 Å². The number of aromatic nitrogens is 2. The SMILES string of the molecule is Cc1ccc(NC(=O)Cn2nc(-c3cc(C)ccc3C)c3c(c2=O)CCCC3)c(C)c1. The number of rotatable bonds is 4. The molecule has 0 saturated heterocycles. The molecule has 0 fully saturated rings. The van der Waals surface area contributed by atoms with Crippen LogP contribution in [-0.4, -0.2) is 15.7 Å². The maximum Gasteiger partial charge on any atom is 0.270 e. The normalized spacial score (nSPS) is 13.0. The first-order valence-electron chi connectivity index (χ1n) is 10.9. The van der Waals surface area contributed by atoms with Crippen LogP contribution in [-0.2, 0) is 24.2 Å². The van der Waals surface area contributed by atoms with Crippen molar-refractivity contribution in [2.24, 2.45) is 0 Å². The predicted octanol–water partition coefficient (Wildman–Crippen LogP) is 4.66. The Labute approximate surface area is 183 Å². The van der Waals surface area contributed by atoms with E-state index in [9.17, 15) is 9.59 Å². The molecule has 0 saturated carbocycles. The second-order valence-corrected chi connectivity index (χ2v) is 8.66. The molecule has 0 bridgehead atoms. The molecule has 5 nitrogen and oxygen atoms in total. The van der Waals surface area contributed by atoms with Crippen molar-refractivity contribution in [2.75, 3.05) is 5.32 Å². The first-order valence-corrected chi connectivity index (χ1v) is 10.9. The molecule has 1 heterocycles. The number of benzene rings is 2. The van der Waals surface area contributed by atoms with E-state index in [4.69, 9.17) is 5.10 Å². The minimum Gasteiger partial charge on any atom is -0.324 e. The number of aryl methyl sites for hydroxylation is 4. The lowest BCUT2D eigenvalue weighted by atomic mass is 9.88. The van der Waals surface area contributed by atoms with E-state index < -0.39 is 0 Å². The Kier molecular flexibility index (Phi) is 5.77. The molecule has 1 aromatic heterocycles. The number of hydrogen-bond acceptors (Lipinski definition) is 3. The minimum atomic E-state index is -0.246. The van der Waals surface area contributed by atoms with Crippen LogP contribution < -0.4 is 10.9 Å². The summed E-state index contributed by atoms with van der Waals surface area (Å²) in [6.45, 7) is 8.00. The third kappa shape index (κ3) is 4.31. The Morgan fingerprint density at radius 2 is 1.61 bits per heavy atom. The van der Waals surface area contributed by atoms with Gasteiger partial charge in [-0.25, -0.2) is 4.68 Å². The number of carbonyl (C=O) groups is 1. The van der Waals surface area contributed by atoms with Crippen molar-refractivity contribution in [1.82, 2.24) is 9.78 Å². The highest BCUT2D eigenvalue weighted by atomic mass is 16.2. The monoisotopic (exact) mass is 415 g/mol. The van der Waals surface area contributed by atoms with Gasteiger partial charge in [0.05, 0.1) is 5.69 Å². The molecule has 160 valence electrons. The molecule has 31 heavy (non-hydrogen) atoms. The van der Waals surface area contributed by atoms with Crippen molar-refractivity contribution < 1.29 is 4.79 Å². The number of hydrogen-bond donors (Lipinski definition) is 1. The molecule has 0 spiro atoms. The van der Waals surface area contributed by atoms with Gasteiger partial charge in [0.15, 0.2) is 0 Å². The Balaban J connectivity index is 1.73. The van der Waals surface area contributed by atoms with Gasteiger partial charge in [-0.3, -0.25) is 9.59 Å². The number of amides is 1. The third-order valence-corrected chi connectivity index (χ3v) is 6.06. The topological polar surface area (TPSA) is 64.0 Å². The van der Waals surface area contributed by atoms with Crippen LogP contribution in [0.1, 0.15) is 46.2 Å². The molecular formula is C26H29N3O2. The van der Waals surface area contributed by atoms with Crippen LogP contribution in [0, 0.1) is 27.7 Å². The predicted molar refractivity (Wildman–Crippen MR) is 125 cm³/mol. The molecule has 2 aromatic carbocycles. The second-order valence-electron chi connectivity index (χ2n) is 8.66. The molecule has 0 atom stereocenters. The summed E-state index contributed by atoms with van der Waals surface area (Å²) in [6, 6.07) is 12.2. The maximum absolute atomic E-state index is 13.2. The van der Waals surface area contributed by atoms with Crippen LogP contribution in [0.25, 0.3) is 11.3 Å². The second kappa shape index (κ2) is 8.50. The zero-order valence-electron chi connectivity index (χ0n) is 18.7. The van der Waals surface area contributed by atoms with Gasteiger partial charge in [0.1, 0.15) is 6.54 Å². The largest absolute Gasteiger partial charge is 0.324 e. The number of carbonyl (C=O) groups excluding carboxylic acids is 1. The Morgan fingerprint density at radius 3 is 2.35 bits per heavy atom. The van der Waals surface area contributed by atoms with Gasteiger partial charge < -0.3 is 5.32 Å². The summed E-state index contributed by atoms with van der Waals surface area (Å²) in [7, 11) is 0. The fourth-order valence-corrected chi connectivity index (χ4v) is 4.38. The van der Waals surface area contributed by atoms with Crippen molar-refractivity contribution in [3.05, 3.63) is 80.1 Å². The van der Waals surface area contributed by atoms with Crippen molar-refractivity contribution in [3.8, 4) is 11.3 Å². The zero-order valence-corrected chi connectivity index (χ0v) is 18.7. The first kappa shape index (κ1) is 21.0. The van der Waals surface area contributed by atoms with Crippen LogP contribution in [0.5, 0.6) is 0 Å². The molecule has 1 N–H and O–H groups in total. The highest BCUT2D eigenvalue weighted by Crippen LogP contribution is 2.30. The fourth-order valence-electron chi connectivity index (χ4n) is 4.38. The van der Waals surface area contributed by atoms with Gasteiger partial charge in [0.25, 0.3) is 5.56 Å². The average molecular weight is 416 g/mol. The Bertz CT molecular complexity index is 1220. The molecule has 0 unspecified atom stereocenters. The van der Waals surface area contributed by atoms with E-state index in [0.717, 1.165) is 76.0 Å². The van der Waals surface area contributed by atoms with Gasteiger partial charge in [-0.15, -0.1) is 0 Å². The summed E-state index contributed by atoms with van der Waals surface area (Å²) >= 11 is 0. The third-order valence-electron chi connectivity index (χ3n) is 6.06. The lowest BCUT2D eigenvalue weighted by Crippen LogP contribution is -2.34. The molecule has 0 radical (unpaired) electrons. The van der Waals surface area contributed by atoms with Crippen LogP contribution in [0.3, 0.4) is 0 Å². The first-order chi connectivity index (χ1) is 14.8. The molecule has 1 aliphatic carbocycles. The van der Waals surface area contributed by atoms with E-state index in [1.54, 1.807) is 0 Å². The Morgan fingerprint density at radius 1 is 0.935 bits per heavy atom. The van der Waals surface area contributed by atoms with Gasteiger partial charge in [0.2, 0.25) is 5.91 Å². The van der Waals surface area contributed by atoms with Crippen LogP contribution in [0.15, 0.2) is 41.2 Å². The fraction of sp³-hybridized carbons (Fsp3) is 0.346. The van der Waals surface area contributed by atoms with E-state index in [0.29, 0.717) is 0 Å². The van der Waals surface area contributed by atoms with E-state index in [1.165, 1.54) is 4.68 Å². The van der Waals surface area contributed by atoms with E-state index >= 15 is 0 Å². The smallest absolute Gasteiger partial charge is 0.270 e. The minimum absolute atomic E-state index is 0.0999. The summed E-state index contributed by atoms with van der Waals surface area (Å²) in [5.41, 5.74) is 8.78. The highest BCUT2D eigenvalue weighted by Gasteiger charge is 2.23. The van der Waals surface area contributed by atoms with Crippen molar-refractivity contribution in [2.45, 2.75) is 59.9 Å². The standard InChI is InChI=1S/C26H29N3O2/c1-16-10-12-23(19(4)13-16)27-24(30)15-29-26(31)21-8-6-5-7-20(21)25(28-29)22-14-17(2)9-11-18(22)3/h9-14H,5-8,15H2,1-4H3,(H,27,30). The van der Waals surface area contributed by atoms with E-state index in [2.05, 4.69) is 37.4 Å². The lowest BCUT2D eigenvalue weighted by molar-refractivity contribution is -0.117. The number of anilines is 1. The zero-order chi connectivity index (χ0) is 22.1. The molecule has 4 rings (SSSR count). The summed E-state index contributed by atoms with van der Waals surface area (Å²) in [5, 5.41) is 7.65. The van der Waals surface area contributed by atoms with Crippen molar-refractivity contribution >= 4 is 11.6 Å². The maximum atomic E-state index is 13.2. The van der Waals surface area contributed by atoms with Gasteiger partial charge in [-0.05, 0) is 82.2 Å². The number of fused-ring (bicyclic) bond motifs is 1. The summed E-state index contributed by atoms with van der Waals surface area (Å²) in [5.74, 6) is -0.246. The highest BCUT2D eigenvalue weighted by molar-refractivity contribution is 5.91. The Hall–Kier alpha value is -3.21. The van der Waals surface area contributed by atoms with Gasteiger partial charge >= 0.3 is 0 Å². The van der Waals surface area contributed by atoms with E-state index in [-0.39, 0.29) is 18.0 Å². The van der Waals surface area contributed by atoms with Crippen LogP contribution >= 0.6 is 0 Å². The van der Waals surface area contributed by atoms with Crippen molar-refractivity contribution in [3.63, 3.8) is 0 Å². The van der Waals surface area contributed by atoms with Gasteiger partial charge in [0, 0.05) is 16.8 Å². The number of nitrogens with zero attached hydrogens (tertiary/aromatic N) is 2. The van der Waals surface area contributed by atoms with Crippen LogP contribution in [0.2, 0.25) is 0 Å². The quantitative estimate of drug-likeness (QED) is 0.674. The van der Waals surface area contributed by atoms with Crippen molar-refractivity contribution in [1.29, 1.82) is 0 Å². The average Bonchev–Trinajstić information content (AvgIpc) is 2.74. The van der Waals surface area contributed by atoms with Gasteiger partial charge in [-0.1, -0.05) is 35.4 Å². The molecule has 0 aliphatic heterocycles. The molecule has 5 heteroatoms. The summed E-state index contributed by atoms with van der Waals surface area (Å²) in [4.78, 5) is 26.0. The molecule has 1 aliphatic rings. The molecular weight excluding hydrogens is 386 g/mol.